The Labute approximate surface area is 233 Å². The van der Waals surface area contributed by atoms with Crippen molar-refractivity contribution in [2.45, 2.75) is 71.3 Å². The highest BCUT2D eigenvalue weighted by atomic mass is 28.4. The van der Waals surface area contributed by atoms with Gasteiger partial charge in [-0.1, -0.05) is 112 Å². The summed E-state index contributed by atoms with van der Waals surface area (Å²) in [5.74, 6) is -0.425. The summed E-state index contributed by atoms with van der Waals surface area (Å²) >= 11 is 0. The molecule has 0 radical (unpaired) electrons. The lowest BCUT2D eigenvalue weighted by Gasteiger charge is -2.43. The van der Waals surface area contributed by atoms with E-state index in [1.165, 1.54) is 0 Å². The van der Waals surface area contributed by atoms with Gasteiger partial charge in [-0.15, -0.1) is 0 Å². The molecule has 1 atom stereocenters. The van der Waals surface area contributed by atoms with E-state index in [-0.39, 0.29) is 24.7 Å². The standard InChI is InChI=1S/C32H41NO5Si/c1-31(2,3)38-30(35)33-26(22-29(34)36-23-25-16-10-7-11-17-25)24-37-39(32(4,5)6,27-18-12-8-13-19-27)28-20-14-9-15-21-28/h7-21,26H,22-24H2,1-6H3,(H,33,35). The van der Waals surface area contributed by atoms with Crippen molar-refractivity contribution in [2.75, 3.05) is 6.61 Å². The Morgan fingerprint density at radius 1 is 0.769 bits per heavy atom. The third-order valence-electron chi connectivity index (χ3n) is 6.29. The molecule has 0 saturated heterocycles. The van der Waals surface area contributed by atoms with E-state index < -0.39 is 32.0 Å². The van der Waals surface area contributed by atoms with E-state index in [2.05, 4.69) is 50.4 Å². The van der Waals surface area contributed by atoms with Crippen molar-refractivity contribution in [1.82, 2.24) is 5.32 Å². The third-order valence-corrected chi connectivity index (χ3v) is 11.3. The van der Waals surface area contributed by atoms with Crippen LogP contribution in [0, 0.1) is 0 Å². The van der Waals surface area contributed by atoms with Gasteiger partial charge in [-0.3, -0.25) is 4.79 Å². The number of benzene rings is 3. The normalized spacial score (nSPS) is 12.9. The van der Waals surface area contributed by atoms with E-state index in [0.29, 0.717) is 0 Å². The molecule has 0 fully saturated rings. The highest BCUT2D eigenvalue weighted by molar-refractivity contribution is 6.99. The van der Waals surface area contributed by atoms with Gasteiger partial charge in [-0.2, -0.15) is 0 Å². The summed E-state index contributed by atoms with van der Waals surface area (Å²) in [6.45, 7) is 12.2. The Morgan fingerprint density at radius 3 is 1.72 bits per heavy atom. The number of rotatable bonds is 10. The Hall–Kier alpha value is -3.42. The van der Waals surface area contributed by atoms with Crippen LogP contribution in [0.25, 0.3) is 0 Å². The molecule has 1 N–H and O–H groups in total. The fraction of sp³-hybridized carbons (Fsp3) is 0.375. The van der Waals surface area contributed by atoms with E-state index in [1.54, 1.807) is 20.8 Å². The zero-order chi connectivity index (χ0) is 28.5. The number of ether oxygens (including phenoxy) is 2. The van der Waals surface area contributed by atoms with Crippen molar-refractivity contribution < 1.29 is 23.5 Å². The molecular weight excluding hydrogens is 506 g/mol. The zero-order valence-electron chi connectivity index (χ0n) is 23.9. The average Bonchev–Trinajstić information content (AvgIpc) is 2.88. The molecule has 3 aromatic rings. The van der Waals surface area contributed by atoms with Gasteiger partial charge in [0, 0.05) is 0 Å². The fourth-order valence-corrected chi connectivity index (χ4v) is 9.22. The topological polar surface area (TPSA) is 73.9 Å². The maximum Gasteiger partial charge on any atom is 0.407 e. The smallest absolute Gasteiger partial charge is 0.407 e. The van der Waals surface area contributed by atoms with Gasteiger partial charge in [-0.25, -0.2) is 4.79 Å². The molecular formula is C32H41NO5Si. The fourth-order valence-electron chi connectivity index (χ4n) is 4.61. The predicted molar refractivity (Wildman–Crippen MR) is 158 cm³/mol. The molecule has 39 heavy (non-hydrogen) atoms. The van der Waals surface area contributed by atoms with Crippen molar-refractivity contribution in [3.8, 4) is 0 Å². The Bertz CT molecular complexity index is 1150. The number of carbonyl (C=O) groups excluding carboxylic acids is 2. The molecule has 208 valence electrons. The second kappa shape index (κ2) is 13.1. The first-order valence-electron chi connectivity index (χ1n) is 13.3. The lowest BCUT2D eigenvalue weighted by molar-refractivity contribution is -0.145. The van der Waals surface area contributed by atoms with Crippen LogP contribution in [0.15, 0.2) is 91.0 Å². The minimum atomic E-state index is -2.88. The summed E-state index contributed by atoms with van der Waals surface area (Å²) in [7, 11) is -2.88. The molecule has 0 spiro atoms. The second-order valence-corrected chi connectivity index (χ2v) is 16.0. The number of nitrogens with one attached hydrogen (secondary N) is 1. The van der Waals surface area contributed by atoms with E-state index in [1.807, 2.05) is 66.7 Å². The molecule has 0 saturated carbocycles. The molecule has 7 heteroatoms. The van der Waals surface area contributed by atoms with Crippen molar-refractivity contribution in [3.05, 3.63) is 96.6 Å². The molecule has 0 bridgehead atoms. The molecule has 0 heterocycles. The van der Waals surface area contributed by atoms with Gasteiger partial charge in [0.2, 0.25) is 0 Å². The highest BCUT2D eigenvalue weighted by Crippen LogP contribution is 2.36. The second-order valence-electron chi connectivity index (χ2n) is 11.7. The van der Waals surface area contributed by atoms with Crippen LogP contribution >= 0.6 is 0 Å². The van der Waals surface area contributed by atoms with Crippen molar-refractivity contribution in [3.63, 3.8) is 0 Å². The molecule has 0 aromatic heterocycles. The maximum absolute atomic E-state index is 12.9. The third kappa shape index (κ3) is 8.53. The average molecular weight is 548 g/mol. The first-order valence-corrected chi connectivity index (χ1v) is 15.3. The largest absolute Gasteiger partial charge is 0.461 e. The van der Waals surface area contributed by atoms with Gasteiger partial charge in [0.1, 0.15) is 12.2 Å². The van der Waals surface area contributed by atoms with Crippen molar-refractivity contribution in [1.29, 1.82) is 0 Å². The first-order chi connectivity index (χ1) is 18.4. The van der Waals surface area contributed by atoms with Gasteiger partial charge in [0.05, 0.1) is 19.1 Å². The molecule has 6 nitrogen and oxygen atoms in total. The zero-order valence-corrected chi connectivity index (χ0v) is 24.9. The summed E-state index contributed by atoms with van der Waals surface area (Å²) in [4.78, 5) is 25.7. The van der Waals surface area contributed by atoms with Gasteiger partial charge >= 0.3 is 12.1 Å². The van der Waals surface area contributed by atoms with Gasteiger partial charge in [-0.05, 0) is 41.7 Å². The van der Waals surface area contributed by atoms with Crippen LogP contribution in [0.3, 0.4) is 0 Å². The van der Waals surface area contributed by atoms with E-state index in [0.717, 1.165) is 15.9 Å². The lowest BCUT2D eigenvalue weighted by atomic mass is 10.2. The van der Waals surface area contributed by atoms with E-state index in [9.17, 15) is 9.59 Å². The van der Waals surface area contributed by atoms with Crippen LogP contribution in [-0.2, 0) is 25.3 Å². The summed E-state index contributed by atoms with van der Waals surface area (Å²) in [5.41, 5.74) is 0.215. The van der Waals surface area contributed by atoms with Gasteiger partial charge in [0.25, 0.3) is 8.32 Å². The number of hydrogen-bond donors (Lipinski definition) is 1. The SMILES string of the molecule is CC(C)(C)OC(=O)NC(CO[Si](c1ccccc1)(c1ccccc1)C(C)(C)C)CC(=O)OCc1ccccc1. The number of hydrogen-bond acceptors (Lipinski definition) is 5. The summed E-state index contributed by atoms with van der Waals surface area (Å²) in [5, 5.41) is 4.85. The van der Waals surface area contributed by atoms with Crippen LogP contribution in [0.1, 0.15) is 53.5 Å². The number of alkyl carbamates (subject to hydrolysis) is 1. The summed E-state index contributed by atoms with van der Waals surface area (Å²) < 4.78 is 18.0. The maximum atomic E-state index is 12.9. The molecule has 3 rings (SSSR count). The van der Waals surface area contributed by atoms with Gasteiger partial charge < -0.3 is 19.2 Å². The van der Waals surface area contributed by atoms with Crippen LogP contribution in [0.5, 0.6) is 0 Å². The van der Waals surface area contributed by atoms with Crippen LogP contribution in [0.2, 0.25) is 5.04 Å². The molecule has 1 amide bonds. The molecule has 3 aromatic carbocycles. The van der Waals surface area contributed by atoms with Crippen LogP contribution in [-0.4, -0.2) is 38.6 Å². The van der Waals surface area contributed by atoms with E-state index >= 15 is 0 Å². The van der Waals surface area contributed by atoms with Crippen molar-refractivity contribution >= 4 is 30.8 Å². The van der Waals surface area contributed by atoms with E-state index in [4.69, 9.17) is 13.9 Å². The van der Waals surface area contributed by atoms with Gasteiger partial charge in [0.15, 0.2) is 0 Å². The number of carbonyl (C=O) groups is 2. The van der Waals surface area contributed by atoms with Crippen LogP contribution < -0.4 is 15.7 Å². The Balaban J connectivity index is 1.89. The molecule has 0 aliphatic heterocycles. The first kappa shape index (κ1) is 30.1. The quantitative estimate of drug-likeness (QED) is 0.265. The van der Waals surface area contributed by atoms with Crippen LogP contribution in [0.4, 0.5) is 4.79 Å². The highest BCUT2D eigenvalue weighted by Gasteiger charge is 2.50. The lowest BCUT2D eigenvalue weighted by Crippen LogP contribution is -2.67. The number of amides is 1. The minimum Gasteiger partial charge on any atom is -0.461 e. The minimum absolute atomic E-state index is 0.0513. The Morgan fingerprint density at radius 2 is 1.26 bits per heavy atom. The molecule has 0 aliphatic rings. The number of esters is 1. The predicted octanol–water partition coefficient (Wildman–Crippen LogP) is 5.59. The van der Waals surface area contributed by atoms with Crippen molar-refractivity contribution in [2.24, 2.45) is 0 Å². The molecule has 1 unspecified atom stereocenters. The monoisotopic (exact) mass is 547 g/mol. The summed E-state index contributed by atoms with van der Waals surface area (Å²) in [6.07, 6.45) is -0.654. The Kier molecular flexibility index (Phi) is 10.1. The summed E-state index contributed by atoms with van der Waals surface area (Å²) in [6, 6.07) is 29.3. The molecule has 0 aliphatic carbocycles.